The molecule has 2 N–H and O–H groups in total. The van der Waals surface area contributed by atoms with Gasteiger partial charge < -0.3 is 10.6 Å². The molecule has 0 spiro atoms. The van der Waals surface area contributed by atoms with E-state index in [0.29, 0.717) is 12.1 Å². The fourth-order valence-corrected chi connectivity index (χ4v) is 2.53. The lowest BCUT2D eigenvalue weighted by Crippen LogP contribution is -2.23. The summed E-state index contributed by atoms with van der Waals surface area (Å²) in [6.07, 6.45) is 1.87. The van der Waals surface area contributed by atoms with Gasteiger partial charge in [0.15, 0.2) is 0 Å². The van der Waals surface area contributed by atoms with Crippen LogP contribution in [-0.2, 0) is 13.0 Å². The van der Waals surface area contributed by atoms with Crippen molar-refractivity contribution in [3.8, 4) is 0 Å². The molecule has 21 heavy (non-hydrogen) atoms. The van der Waals surface area contributed by atoms with E-state index < -0.39 is 0 Å². The van der Waals surface area contributed by atoms with Gasteiger partial charge in [-0.25, -0.2) is 9.97 Å². The Hall–Kier alpha value is -1.95. The number of carbonyl (C=O) groups excluding carboxylic acids is 1. The molecule has 2 heterocycles. The summed E-state index contributed by atoms with van der Waals surface area (Å²) in [5.41, 5.74) is 4.22. The Labute approximate surface area is 128 Å². The summed E-state index contributed by atoms with van der Waals surface area (Å²) >= 11 is 1.52. The van der Waals surface area contributed by atoms with Crippen molar-refractivity contribution in [3.05, 3.63) is 40.0 Å². The molecule has 0 aromatic carbocycles. The van der Waals surface area contributed by atoms with Crippen LogP contribution in [0.3, 0.4) is 0 Å². The molecule has 2 aromatic rings. The number of carbonyl (C=O) groups is 1. The van der Waals surface area contributed by atoms with Gasteiger partial charge in [0, 0.05) is 23.2 Å². The number of anilines is 1. The first-order valence-electron chi connectivity index (χ1n) is 7.13. The van der Waals surface area contributed by atoms with Crippen LogP contribution in [0.25, 0.3) is 0 Å². The molecule has 0 atom stereocenters. The Morgan fingerprint density at radius 3 is 2.81 bits per heavy atom. The van der Waals surface area contributed by atoms with Gasteiger partial charge in [0.1, 0.15) is 5.82 Å². The summed E-state index contributed by atoms with van der Waals surface area (Å²) in [5, 5.41) is 7.99. The quantitative estimate of drug-likeness (QED) is 0.825. The zero-order valence-corrected chi connectivity index (χ0v) is 13.2. The van der Waals surface area contributed by atoms with Crippen molar-refractivity contribution in [2.75, 3.05) is 11.9 Å². The van der Waals surface area contributed by atoms with E-state index >= 15 is 0 Å². The number of aryl methyl sites for hydroxylation is 1. The SMILES string of the molecule is CCCc1cc(C(=O)NCc2cscn2)cc(NCC)n1. The summed E-state index contributed by atoms with van der Waals surface area (Å²) in [6.45, 7) is 5.34. The topological polar surface area (TPSA) is 66.9 Å². The van der Waals surface area contributed by atoms with Crippen molar-refractivity contribution < 1.29 is 4.79 Å². The highest BCUT2D eigenvalue weighted by molar-refractivity contribution is 7.07. The number of hydrogen-bond acceptors (Lipinski definition) is 5. The number of thiazole rings is 1. The molecule has 2 rings (SSSR count). The van der Waals surface area contributed by atoms with Crippen molar-refractivity contribution in [2.45, 2.75) is 33.2 Å². The second kappa shape index (κ2) is 7.73. The van der Waals surface area contributed by atoms with Crippen molar-refractivity contribution in [3.63, 3.8) is 0 Å². The van der Waals surface area contributed by atoms with E-state index in [4.69, 9.17) is 0 Å². The molecule has 0 saturated carbocycles. The number of hydrogen-bond donors (Lipinski definition) is 2. The van der Waals surface area contributed by atoms with E-state index in [1.54, 1.807) is 11.6 Å². The average molecular weight is 304 g/mol. The minimum Gasteiger partial charge on any atom is -0.370 e. The third-order valence-electron chi connectivity index (χ3n) is 2.92. The molecule has 0 aliphatic heterocycles. The fraction of sp³-hybridized carbons (Fsp3) is 0.400. The highest BCUT2D eigenvalue weighted by Gasteiger charge is 2.10. The number of amides is 1. The first-order chi connectivity index (χ1) is 10.2. The molecule has 0 bridgehead atoms. The van der Waals surface area contributed by atoms with Crippen LogP contribution in [0.1, 0.15) is 42.0 Å². The summed E-state index contributed by atoms with van der Waals surface area (Å²) < 4.78 is 0. The molecule has 0 aliphatic carbocycles. The summed E-state index contributed by atoms with van der Waals surface area (Å²) in [4.78, 5) is 20.9. The van der Waals surface area contributed by atoms with Gasteiger partial charge in [0.05, 0.1) is 17.7 Å². The molecule has 0 fully saturated rings. The van der Waals surface area contributed by atoms with Crippen molar-refractivity contribution in [1.29, 1.82) is 0 Å². The van der Waals surface area contributed by atoms with Crippen LogP contribution in [0, 0.1) is 0 Å². The first-order valence-corrected chi connectivity index (χ1v) is 8.07. The van der Waals surface area contributed by atoms with E-state index in [1.165, 1.54) is 11.3 Å². The van der Waals surface area contributed by atoms with Crippen molar-refractivity contribution in [1.82, 2.24) is 15.3 Å². The second-order valence-corrected chi connectivity index (χ2v) is 5.39. The maximum absolute atomic E-state index is 12.3. The molecule has 5 nitrogen and oxygen atoms in total. The summed E-state index contributed by atoms with van der Waals surface area (Å²) in [6, 6.07) is 3.65. The molecule has 1 amide bonds. The lowest BCUT2D eigenvalue weighted by molar-refractivity contribution is 0.0950. The van der Waals surface area contributed by atoms with E-state index in [0.717, 1.165) is 36.6 Å². The minimum absolute atomic E-state index is 0.0955. The van der Waals surface area contributed by atoms with E-state index in [9.17, 15) is 4.79 Å². The number of rotatable bonds is 7. The molecule has 0 unspecified atom stereocenters. The van der Waals surface area contributed by atoms with Crippen LogP contribution in [0.2, 0.25) is 0 Å². The molecule has 0 aliphatic rings. The predicted molar refractivity (Wildman–Crippen MR) is 85.7 cm³/mol. The van der Waals surface area contributed by atoms with Gasteiger partial charge in [-0.2, -0.15) is 0 Å². The molecular formula is C15H20N4OS. The minimum atomic E-state index is -0.0955. The van der Waals surface area contributed by atoms with Gasteiger partial charge in [-0.1, -0.05) is 13.3 Å². The number of nitrogens with one attached hydrogen (secondary N) is 2. The van der Waals surface area contributed by atoms with Gasteiger partial charge in [0.25, 0.3) is 5.91 Å². The molecule has 112 valence electrons. The monoisotopic (exact) mass is 304 g/mol. The summed E-state index contributed by atoms with van der Waals surface area (Å²) in [7, 11) is 0. The number of pyridine rings is 1. The molecular weight excluding hydrogens is 284 g/mol. The molecule has 6 heteroatoms. The Morgan fingerprint density at radius 1 is 1.29 bits per heavy atom. The Balaban J connectivity index is 2.10. The van der Waals surface area contributed by atoms with Gasteiger partial charge in [0.2, 0.25) is 0 Å². The third kappa shape index (κ3) is 4.53. The molecule has 2 aromatic heterocycles. The average Bonchev–Trinajstić information content (AvgIpc) is 2.98. The van der Waals surface area contributed by atoms with Gasteiger partial charge in [-0.15, -0.1) is 11.3 Å². The van der Waals surface area contributed by atoms with Crippen LogP contribution in [0.5, 0.6) is 0 Å². The highest BCUT2D eigenvalue weighted by atomic mass is 32.1. The van der Waals surface area contributed by atoms with Crippen LogP contribution >= 0.6 is 11.3 Å². The Bertz CT molecular complexity index is 559. The zero-order valence-electron chi connectivity index (χ0n) is 12.3. The fourth-order valence-electron chi connectivity index (χ4n) is 1.97. The summed E-state index contributed by atoms with van der Waals surface area (Å²) in [5.74, 6) is 0.657. The Morgan fingerprint density at radius 2 is 2.14 bits per heavy atom. The molecule has 0 saturated heterocycles. The molecule has 0 radical (unpaired) electrons. The van der Waals surface area contributed by atoms with Crippen molar-refractivity contribution in [2.24, 2.45) is 0 Å². The van der Waals surface area contributed by atoms with Crippen molar-refractivity contribution >= 4 is 23.1 Å². The first kappa shape index (κ1) is 15.4. The Kier molecular flexibility index (Phi) is 5.68. The third-order valence-corrected chi connectivity index (χ3v) is 3.55. The van der Waals surface area contributed by atoms with E-state index in [1.807, 2.05) is 18.4 Å². The lowest BCUT2D eigenvalue weighted by Gasteiger charge is -2.09. The number of nitrogens with zero attached hydrogens (tertiary/aromatic N) is 2. The van der Waals surface area contributed by atoms with Crippen LogP contribution in [0.15, 0.2) is 23.0 Å². The van der Waals surface area contributed by atoms with E-state index in [-0.39, 0.29) is 5.91 Å². The van der Waals surface area contributed by atoms with Gasteiger partial charge >= 0.3 is 0 Å². The lowest BCUT2D eigenvalue weighted by atomic mass is 10.1. The van der Waals surface area contributed by atoms with Gasteiger partial charge in [-0.05, 0) is 25.5 Å². The maximum atomic E-state index is 12.3. The van der Waals surface area contributed by atoms with Crippen LogP contribution in [-0.4, -0.2) is 22.4 Å². The van der Waals surface area contributed by atoms with E-state index in [2.05, 4.69) is 27.5 Å². The normalized spacial score (nSPS) is 10.4. The standard InChI is InChI=1S/C15H20N4OS/c1-3-5-12-6-11(7-14(19-12)16-4-2)15(20)17-8-13-9-21-10-18-13/h6-7,9-10H,3-5,8H2,1-2H3,(H,16,19)(H,17,20). The zero-order chi connectivity index (χ0) is 15.1. The van der Waals surface area contributed by atoms with Crippen LogP contribution in [0.4, 0.5) is 5.82 Å². The largest absolute Gasteiger partial charge is 0.370 e. The predicted octanol–water partition coefficient (Wildman–Crippen LogP) is 2.85. The highest BCUT2D eigenvalue weighted by Crippen LogP contribution is 2.12. The van der Waals surface area contributed by atoms with Gasteiger partial charge in [-0.3, -0.25) is 4.79 Å². The smallest absolute Gasteiger partial charge is 0.251 e. The second-order valence-electron chi connectivity index (χ2n) is 4.68. The number of aromatic nitrogens is 2. The van der Waals surface area contributed by atoms with Crippen LogP contribution < -0.4 is 10.6 Å². The maximum Gasteiger partial charge on any atom is 0.251 e.